The molecule has 0 fully saturated rings. The summed E-state index contributed by atoms with van der Waals surface area (Å²) in [6, 6.07) is 4.59. The molecule has 0 aliphatic heterocycles. The molecule has 0 aromatic carbocycles. The third-order valence-electron chi connectivity index (χ3n) is 2.02. The van der Waals surface area contributed by atoms with Crippen molar-refractivity contribution in [1.82, 2.24) is 10.3 Å². The molecule has 0 spiro atoms. The van der Waals surface area contributed by atoms with Crippen LogP contribution in [0.15, 0.2) is 23.2 Å². The van der Waals surface area contributed by atoms with Gasteiger partial charge in [-0.15, -0.1) is 11.8 Å². The van der Waals surface area contributed by atoms with Crippen LogP contribution >= 0.6 is 11.8 Å². The summed E-state index contributed by atoms with van der Waals surface area (Å²) in [5, 5.41) is 3.34. The van der Waals surface area contributed by atoms with Crippen LogP contribution in [0, 0.1) is 0 Å². The first-order chi connectivity index (χ1) is 6.77. The van der Waals surface area contributed by atoms with E-state index >= 15 is 0 Å². The first-order valence-electron chi connectivity index (χ1n) is 5.10. The van der Waals surface area contributed by atoms with E-state index in [-0.39, 0.29) is 0 Å². The fourth-order valence-corrected chi connectivity index (χ4v) is 1.94. The molecule has 2 nitrogen and oxygen atoms in total. The Morgan fingerprint density at radius 3 is 2.71 bits per heavy atom. The summed E-state index contributed by atoms with van der Waals surface area (Å²) >= 11 is 1.83. The largest absolute Gasteiger partial charge is 0.309 e. The topological polar surface area (TPSA) is 24.9 Å². The summed E-state index contributed by atoms with van der Waals surface area (Å²) in [6.45, 7) is 7.38. The zero-order chi connectivity index (χ0) is 10.4. The minimum atomic E-state index is 0.348. The molecule has 1 atom stereocenters. The molecule has 1 N–H and O–H groups in total. The third-order valence-corrected chi connectivity index (χ3v) is 2.89. The average Bonchev–Trinajstić information content (AvgIpc) is 2.20. The molecule has 0 aliphatic rings. The standard InChI is InChI=1S/C11H18N2S/c1-4-12-9(3)11-7-6-10(8-13-11)14-5-2/h6-9,12H,4-5H2,1-3H3. The van der Waals surface area contributed by atoms with E-state index in [2.05, 4.69) is 43.2 Å². The number of hydrogen-bond acceptors (Lipinski definition) is 3. The van der Waals surface area contributed by atoms with Gasteiger partial charge in [-0.1, -0.05) is 13.8 Å². The second-order valence-electron chi connectivity index (χ2n) is 3.13. The lowest BCUT2D eigenvalue weighted by atomic mass is 10.2. The van der Waals surface area contributed by atoms with Gasteiger partial charge in [0.25, 0.3) is 0 Å². The van der Waals surface area contributed by atoms with E-state index in [0.717, 1.165) is 18.0 Å². The van der Waals surface area contributed by atoms with Gasteiger partial charge in [0.15, 0.2) is 0 Å². The van der Waals surface area contributed by atoms with E-state index in [1.807, 2.05) is 18.0 Å². The third kappa shape index (κ3) is 3.31. The summed E-state index contributed by atoms with van der Waals surface area (Å²) in [6.07, 6.45) is 1.96. The summed E-state index contributed by atoms with van der Waals surface area (Å²) in [7, 11) is 0. The molecule has 0 saturated carbocycles. The Bertz CT molecular complexity index is 258. The van der Waals surface area contributed by atoms with Crippen molar-refractivity contribution in [2.75, 3.05) is 12.3 Å². The maximum atomic E-state index is 4.43. The van der Waals surface area contributed by atoms with Gasteiger partial charge in [0.1, 0.15) is 0 Å². The summed E-state index contributed by atoms with van der Waals surface area (Å²) in [5.74, 6) is 1.10. The molecule has 1 unspecified atom stereocenters. The van der Waals surface area contributed by atoms with E-state index in [1.165, 1.54) is 4.90 Å². The molecule has 0 radical (unpaired) electrons. The van der Waals surface area contributed by atoms with Crippen LogP contribution < -0.4 is 5.32 Å². The Kier molecular flexibility index (Phi) is 4.98. The molecule has 0 bridgehead atoms. The number of nitrogens with zero attached hydrogens (tertiary/aromatic N) is 1. The summed E-state index contributed by atoms with van der Waals surface area (Å²) in [4.78, 5) is 5.68. The van der Waals surface area contributed by atoms with Gasteiger partial charge >= 0.3 is 0 Å². The SMILES string of the molecule is CCNC(C)c1ccc(SCC)cn1. The highest BCUT2D eigenvalue weighted by atomic mass is 32.2. The number of aromatic nitrogens is 1. The first kappa shape index (κ1) is 11.5. The van der Waals surface area contributed by atoms with Crippen LogP contribution in [0.3, 0.4) is 0 Å². The van der Waals surface area contributed by atoms with Gasteiger partial charge in [0, 0.05) is 17.1 Å². The normalized spacial score (nSPS) is 12.8. The molecule has 0 saturated heterocycles. The lowest BCUT2D eigenvalue weighted by Crippen LogP contribution is -2.18. The summed E-state index contributed by atoms with van der Waals surface area (Å²) < 4.78 is 0. The lowest BCUT2D eigenvalue weighted by Gasteiger charge is -2.11. The predicted octanol–water partition coefficient (Wildman–Crippen LogP) is 2.86. The van der Waals surface area contributed by atoms with Crippen molar-refractivity contribution in [2.24, 2.45) is 0 Å². The molecular formula is C11H18N2S. The molecule has 14 heavy (non-hydrogen) atoms. The first-order valence-corrected chi connectivity index (χ1v) is 6.08. The van der Waals surface area contributed by atoms with Crippen LogP contribution in [-0.2, 0) is 0 Å². The monoisotopic (exact) mass is 210 g/mol. The highest BCUT2D eigenvalue weighted by molar-refractivity contribution is 7.99. The number of nitrogens with one attached hydrogen (secondary N) is 1. The van der Waals surface area contributed by atoms with Gasteiger partial charge in [-0.25, -0.2) is 0 Å². The molecule has 78 valence electrons. The van der Waals surface area contributed by atoms with Gasteiger partial charge in [-0.3, -0.25) is 4.98 Å². The Balaban J connectivity index is 2.62. The molecular weight excluding hydrogens is 192 g/mol. The van der Waals surface area contributed by atoms with Crippen molar-refractivity contribution in [3.63, 3.8) is 0 Å². The van der Waals surface area contributed by atoms with E-state index in [0.29, 0.717) is 6.04 Å². The van der Waals surface area contributed by atoms with Crippen LogP contribution in [-0.4, -0.2) is 17.3 Å². The molecule has 1 rings (SSSR count). The maximum absolute atomic E-state index is 4.43. The van der Waals surface area contributed by atoms with Crippen LogP contribution in [0.2, 0.25) is 0 Å². The molecule has 0 aliphatic carbocycles. The number of thioether (sulfide) groups is 1. The summed E-state index contributed by atoms with van der Waals surface area (Å²) in [5.41, 5.74) is 1.12. The zero-order valence-electron chi connectivity index (χ0n) is 9.08. The Hall–Kier alpha value is -0.540. The quantitative estimate of drug-likeness (QED) is 0.756. The predicted molar refractivity (Wildman–Crippen MR) is 62.7 cm³/mol. The van der Waals surface area contributed by atoms with Crippen LogP contribution in [0.5, 0.6) is 0 Å². The van der Waals surface area contributed by atoms with Crippen molar-refractivity contribution in [3.05, 3.63) is 24.0 Å². The van der Waals surface area contributed by atoms with Crippen molar-refractivity contribution in [2.45, 2.75) is 31.7 Å². The average molecular weight is 210 g/mol. The van der Waals surface area contributed by atoms with E-state index in [9.17, 15) is 0 Å². The maximum Gasteiger partial charge on any atom is 0.0571 e. The van der Waals surface area contributed by atoms with Crippen molar-refractivity contribution in [1.29, 1.82) is 0 Å². The van der Waals surface area contributed by atoms with Crippen LogP contribution in [0.25, 0.3) is 0 Å². The van der Waals surface area contributed by atoms with Crippen LogP contribution in [0.4, 0.5) is 0 Å². The van der Waals surface area contributed by atoms with Gasteiger partial charge in [0.05, 0.1) is 5.69 Å². The van der Waals surface area contributed by atoms with Crippen molar-refractivity contribution >= 4 is 11.8 Å². The van der Waals surface area contributed by atoms with E-state index in [1.54, 1.807) is 0 Å². The van der Waals surface area contributed by atoms with E-state index in [4.69, 9.17) is 0 Å². The van der Waals surface area contributed by atoms with Gasteiger partial charge in [-0.2, -0.15) is 0 Å². The number of rotatable bonds is 5. The fraction of sp³-hybridized carbons (Fsp3) is 0.545. The molecule has 3 heteroatoms. The Morgan fingerprint density at radius 1 is 1.43 bits per heavy atom. The van der Waals surface area contributed by atoms with Gasteiger partial charge < -0.3 is 5.32 Å². The zero-order valence-corrected chi connectivity index (χ0v) is 9.90. The van der Waals surface area contributed by atoms with Crippen molar-refractivity contribution in [3.8, 4) is 0 Å². The molecule has 1 aromatic heterocycles. The highest BCUT2D eigenvalue weighted by Gasteiger charge is 2.04. The smallest absolute Gasteiger partial charge is 0.0571 e. The lowest BCUT2D eigenvalue weighted by molar-refractivity contribution is 0.582. The Labute approximate surface area is 90.5 Å². The Morgan fingerprint density at radius 2 is 2.21 bits per heavy atom. The molecule has 0 amide bonds. The minimum absolute atomic E-state index is 0.348. The molecule has 1 aromatic rings. The van der Waals surface area contributed by atoms with Crippen molar-refractivity contribution < 1.29 is 0 Å². The number of pyridine rings is 1. The fourth-order valence-electron chi connectivity index (χ4n) is 1.31. The van der Waals surface area contributed by atoms with Gasteiger partial charge in [-0.05, 0) is 31.4 Å². The second kappa shape index (κ2) is 6.04. The van der Waals surface area contributed by atoms with E-state index < -0.39 is 0 Å². The minimum Gasteiger partial charge on any atom is -0.309 e. The van der Waals surface area contributed by atoms with Gasteiger partial charge in [0.2, 0.25) is 0 Å². The highest BCUT2D eigenvalue weighted by Crippen LogP contribution is 2.18. The molecule has 1 heterocycles. The number of hydrogen-bond donors (Lipinski definition) is 1. The second-order valence-corrected chi connectivity index (χ2v) is 4.47. The van der Waals surface area contributed by atoms with Crippen LogP contribution in [0.1, 0.15) is 32.5 Å².